The Morgan fingerprint density at radius 1 is 1.14 bits per heavy atom. The summed E-state index contributed by atoms with van der Waals surface area (Å²) < 4.78 is 1.83. The van der Waals surface area contributed by atoms with Crippen molar-refractivity contribution in [1.29, 1.82) is 0 Å². The SMILES string of the molecule is CN(C)CCNc1ncnc2c1cnn2-c1ccccc1. The highest BCUT2D eigenvalue weighted by molar-refractivity contribution is 5.87. The molecule has 3 rings (SSSR count). The highest BCUT2D eigenvalue weighted by Crippen LogP contribution is 2.21. The predicted molar refractivity (Wildman–Crippen MR) is 83.7 cm³/mol. The maximum Gasteiger partial charge on any atom is 0.168 e. The van der Waals surface area contributed by atoms with E-state index < -0.39 is 0 Å². The molecule has 6 heteroatoms. The molecular formula is C15H18N6. The molecule has 0 aliphatic heterocycles. The number of rotatable bonds is 5. The van der Waals surface area contributed by atoms with Gasteiger partial charge in [0.25, 0.3) is 0 Å². The summed E-state index contributed by atoms with van der Waals surface area (Å²) in [5.41, 5.74) is 1.80. The van der Waals surface area contributed by atoms with Gasteiger partial charge in [-0.05, 0) is 26.2 Å². The van der Waals surface area contributed by atoms with Gasteiger partial charge in [-0.3, -0.25) is 0 Å². The summed E-state index contributed by atoms with van der Waals surface area (Å²) >= 11 is 0. The van der Waals surface area contributed by atoms with Crippen molar-refractivity contribution in [1.82, 2.24) is 24.6 Å². The Labute approximate surface area is 123 Å². The van der Waals surface area contributed by atoms with Crippen LogP contribution in [0.25, 0.3) is 16.7 Å². The largest absolute Gasteiger partial charge is 0.368 e. The van der Waals surface area contributed by atoms with Crippen molar-refractivity contribution in [3.63, 3.8) is 0 Å². The maximum atomic E-state index is 4.43. The Morgan fingerprint density at radius 2 is 1.95 bits per heavy atom. The van der Waals surface area contributed by atoms with Crippen LogP contribution in [-0.2, 0) is 0 Å². The summed E-state index contributed by atoms with van der Waals surface area (Å²) in [4.78, 5) is 10.8. The van der Waals surface area contributed by atoms with Crippen LogP contribution in [0.3, 0.4) is 0 Å². The lowest BCUT2D eigenvalue weighted by Crippen LogP contribution is -2.21. The number of benzene rings is 1. The number of likely N-dealkylation sites (N-methyl/N-ethyl adjacent to an activating group) is 1. The highest BCUT2D eigenvalue weighted by Gasteiger charge is 2.10. The third-order valence-corrected chi connectivity index (χ3v) is 3.22. The molecule has 1 aromatic carbocycles. The van der Waals surface area contributed by atoms with Gasteiger partial charge < -0.3 is 10.2 Å². The summed E-state index contributed by atoms with van der Waals surface area (Å²) in [6.45, 7) is 1.77. The minimum Gasteiger partial charge on any atom is -0.368 e. The van der Waals surface area contributed by atoms with Crippen molar-refractivity contribution >= 4 is 16.9 Å². The minimum atomic E-state index is 0.809. The summed E-state index contributed by atoms with van der Waals surface area (Å²) in [5.74, 6) is 0.823. The van der Waals surface area contributed by atoms with Crippen LogP contribution in [0.15, 0.2) is 42.9 Å². The van der Waals surface area contributed by atoms with Gasteiger partial charge >= 0.3 is 0 Å². The van der Waals surface area contributed by atoms with Gasteiger partial charge in [0, 0.05) is 13.1 Å². The van der Waals surface area contributed by atoms with Gasteiger partial charge in [-0.2, -0.15) is 5.10 Å². The van der Waals surface area contributed by atoms with Gasteiger partial charge in [0.15, 0.2) is 5.65 Å². The number of hydrogen-bond donors (Lipinski definition) is 1. The van der Waals surface area contributed by atoms with E-state index in [4.69, 9.17) is 0 Å². The topological polar surface area (TPSA) is 58.9 Å². The number of nitrogens with zero attached hydrogens (tertiary/aromatic N) is 5. The van der Waals surface area contributed by atoms with E-state index in [1.807, 2.05) is 49.1 Å². The van der Waals surface area contributed by atoms with Crippen molar-refractivity contribution in [2.75, 3.05) is 32.5 Å². The Morgan fingerprint density at radius 3 is 2.71 bits per heavy atom. The van der Waals surface area contributed by atoms with Crippen LogP contribution in [0, 0.1) is 0 Å². The lowest BCUT2D eigenvalue weighted by atomic mass is 10.3. The molecule has 0 unspecified atom stereocenters. The lowest BCUT2D eigenvalue weighted by Gasteiger charge is -2.11. The van der Waals surface area contributed by atoms with E-state index in [0.717, 1.165) is 35.6 Å². The molecule has 0 spiro atoms. The quantitative estimate of drug-likeness (QED) is 0.773. The van der Waals surface area contributed by atoms with Gasteiger partial charge in [-0.1, -0.05) is 18.2 Å². The van der Waals surface area contributed by atoms with Gasteiger partial charge in [0.1, 0.15) is 12.1 Å². The highest BCUT2D eigenvalue weighted by atomic mass is 15.3. The molecule has 0 atom stereocenters. The second-order valence-electron chi connectivity index (χ2n) is 5.08. The van der Waals surface area contributed by atoms with Gasteiger partial charge in [0.2, 0.25) is 0 Å². The maximum absolute atomic E-state index is 4.43. The van der Waals surface area contributed by atoms with Crippen molar-refractivity contribution < 1.29 is 0 Å². The molecule has 0 saturated heterocycles. The van der Waals surface area contributed by atoms with E-state index in [2.05, 4.69) is 25.3 Å². The third kappa shape index (κ3) is 2.85. The van der Waals surface area contributed by atoms with Crippen LogP contribution >= 0.6 is 0 Å². The van der Waals surface area contributed by atoms with E-state index >= 15 is 0 Å². The monoisotopic (exact) mass is 282 g/mol. The van der Waals surface area contributed by atoms with Crippen LogP contribution in [0.5, 0.6) is 0 Å². The first-order valence-corrected chi connectivity index (χ1v) is 6.88. The molecule has 3 aromatic rings. The zero-order valence-corrected chi connectivity index (χ0v) is 12.2. The van der Waals surface area contributed by atoms with Crippen LogP contribution in [0.1, 0.15) is 0 Å². The van der Waals surface area contributed by atoms with Crippen LogP contribution in [0.2, 0.25) is 0 Å². The number of para-hydroxylation sites is 1. The lowest BCUT2D eigenvalue weighted by molar-refractivity contribution is 0.425. The molecule has 0 amide bonds. The number of aromatic nitrogens is 4. The molecule has 108 valence electrons. The van der Waals surface area contributed by atoms with Gasteiger partial charge in [0.05, 0.1) is 17.3 Å². The Balaban J connectivity index is 1.93. The smallest absolute Gasteiger partial charge is 0.168 e. The van der Waals surface area contributed by atoms with Crippen molar-refractivity contribution in [2.24, 2.45) is 0 Å². The molecule has 0 radical (unpaired) electrons. The number of nitrogens with one attached hydrogen (secondary N) is 1. The predicted octanol–water partition coefficient (Wildman–Crippen LogP) is 1.79. The zero-order chi connectivity index (χ0) is 14.7. The van der Waals surface area contributed by atoms with Crippen molar-refractivity contribution in [3.05, 3.63) is 42.9 Å². The molecule has 0 fully saturated rings. The van der Waals surface area contributed by atoms with Crippen LogP contribution in [0.4, 0.5) is 5.82 Å². The first-order valence-electron chi connectivity index (χ1n) is 6.88. The van der Waals surface area contributed by atoms with E-state index in [1.54, 1.807) is 12.5 Å². The molecule has 6 nitrogen and oxygen atoms in total. The third-order valence-electron chi connectivity index (χ3n) is 3.22. The molecule has 0 aliphatic carbocycles. The van der Waals surface area contributed by atoms with Crippen molar-refractivity contribution in [2.45, 2.75) is 0 Å². The molecule has 0 aliphatic rings. The van der Waals surface area contributed by atoms with Crippen LogP contribution in [-0.4, -0.2) is 51.8 Å². The Bertz CT molecular complexity index is 719. The van der Waals surface area contributed by atoms with E-state index in [-0.39, 0.29) is 0 Å². The van der Waals surface area contributed by atoms with Gasteiger partial charge in [-0.25, -0.2) is 14.6 Å². The molecule has 0 saturated carbocycles. The number of hydrogen-bond acceptors (Lipinski definition) is 5. The van der Waals surface area contributed by atoms with E-state index in [9.17, 15) is 0 Å². The zero-order valence-electron chi connectivity index (χ0n) is 12.2. The molecule has 2 heterocycles. The van der Waals surface area contributed by atoms with E-state index in [0.29, 0.717) is 0 Å². The first-order chi connectivity index (χ1) is 10.3. The summed E-state index contributed by atoms with van der Waals surface area (Å²) in [6.07, 6.45) is 3.38. The average Bonchev–Trinajstić information content (AvgIpc) is 2.92. The fraction of sp³-hybridized carbons (Fsp3) is 0.267. The van der Waals surface area contributed by atoms with Crippen molar-refractivity contribution in [3.8, 4) is 5.69 Å². The summed E-state index contributed by atoms with van der Waals surface area (Å²) in [7, 11) is 4.09. The molecule has 0 bridgehead atoms. The number of fused-ring (bicyclic) bond motifs is 1. The standard InChI is InChI=1S/C15H18N6/c1-20(2)9-8-16-14-13-10-19-21(15(13)18-11-17-14)12-6-4-3-5-7-12/h3-7,10-11H,8-9H2,1-2H3,(H,16,17,18). The second kappa shape index (κ2) is 5.88. The normalized spacial score (nSPS) is 11.2. The first kappa shape index (κ1) is 13.5. The molecular weight excluding hydrogens is 264 g/mol. The average molecular weight is 282 g/mol. The van der Waals surface area contributed by atoms with E-state index in [1.165, 1.54) is 0 Å². The second-order valence-corrected chi connectivity index (χ2v) is 5.08. The summed E-state index contributed by atoms with van der Waals surface area (Å²) in [6, 6.07) is 9.97. The fourth-order valence-corrected chi connectivity index (χ4v) is 2.14. The molecule has 1 N–H and O–H groups in total. The molecule has 2 aromatic heterocycles. The summed E-state index contributed by atoms with van der Waals surface area (Å²) in [5, 5.41) is 8.70. The number of anilines is 1. The Hall–Kier alpha value is -2.47. The van der Waals surface area contributed by atoms with Crippen LogP contribution < -0.4 is 5.32 Å². The molecule has 21 heavy (non-hydrogen) atoms. The minimum absolute atomic E-state index is 0.809. The Kier molecular flexibility index (Phi) is 3.79. The van der Waals surface area contributed by atoms with Gasteiger partial charge in [-0.15, -0.1) is 0 Å². The fourth-order valence-electron chi connectivity index (χ4n) is 2.14.